The summed E-state index contributed by atoms with van der Waals surface area (Å²) in [4.78, 5) is 13.7. The molecule has 0 aromatic heterocycles. The first kappa shape index (κ1) is 18.2. The second kappa shape index (κ2) is 12.3. The fourth-order valence-electron chi connectivity index (χ4n) is 1.93. The van der Waals surface area contributed by atoms with E-state index in [9.17, 15) is 4.79 Å². The highest BCUT2D eigenvalue weighted by molar-refractivity contribution is 5.87. The lowest BCUT2D eigenvalue weighted by molar-refractivity contribution is -0.127. The molecule has 0 unspecified atom stereocenters. The normalized spacial score (nSPS) is 9.50. The number of hydrogen-bond donors (Lipinski definition) is 0. The van der Waals surface area contributed by atoms with Gasteiger partial charge in [-0.3, -0.25) is 4.79 Å². The summed E-state index contributed by atoms with van der Waals surface area (Å²) in [7, 11) is 0. The third-order valence-electron chi connectivity index (χ3n) is 3.06. The summed E-state index contributed by atoms with van der Waals surface area (Å²) in [5.41, 5.74) is 0. The Morgan fingerprint density at radius 3 is 2.30 bits per heavy atom. The number of unbranched alkanes of at least 4 members (excludes halogenated alkanes) is 3. The van der Waals surface area contributed by atoms with E-state index in [4.69, 9.17) is 0 Å². The van der Waals surface area contributed by atoms with Crippen LogP contribution in [0, 0.1) is 11.8 Å². The number of hydrogen-bond acceptors (Lipinski definition) is 1. The summed E-state index contributed by atoms with van der Waals surface area (Å²) >= 11 is 0. The highest BCUT2D eigenvalue weighted by atomic mass is 16.2. The van der Waals surface area contributed by atoms with Crippen LogP contribution in [0.3, 0.4) is 0 Å². The molecule has 0 heterocycles. The molecule has 0 radical (unpaired) electrons. The van der Waals surface area contributed by atoms with Crippen molar-refractivity contribution < 1.29 is 4.79 Å². The van der Waals surface area contributed by atoms with Crippen LogP contribution in [0.15, 0.2) is 38.0 Å². The van der Waals surface area contributed by atoms with E-state index in [1.165, 1.54) is 18.9 Å². The second-order valence-electron chi connectivity index (χ2n) is 4.68. The predicted molar refractivity (Wildman–Crippen MR) is 87.2 cm³/mol. The Morgan fingerprint density at radius 2 is 1.80 bits per heavy atom. The van der Waals surface area contributed by atoms with Crippen LogP contribution in [-0.4, -0.2) is 23.4 Å². The smallest absolute Gasteiger partial charge is 0.247 e. The van der Waals surface area contributed by atoms with Crippen molar-refractivity contribution in [1.29, 1.82) is 0 Å². The van der Waals surface area contributed by atoms with Crippen LogP contribution >= 0.6 is 0 Å². The molecule has 0 rings (SSSR count). The van der Waals surface area contributed by atoms with Crippen molar-refractivity contribution in [2.24, 2.45) is 0 Å². The highest BCUT2D eigenvalue weighted by Gasteiger charge is 2.18. The molecule has 0 aliphatic heterocycles. The molecule has 2 nitrogen and oxygen atoms in total. The van der Waals surface area contributed by atoms with Crippen LogP contribution in [0.1, 0.15) is 45.4 Å². The highest BCUT2D eigenvalue weighted by Crippen LogP contribution is 2.11. The average molecular weight is 273 g/mol. The molecule has 0 spiro atoms. The van der Waals surface area contributed by atoms with Crippen LogP contribution in [-0.2, 0) is 4.79 Å². The van der Waals surface area contributed by atoms with E-state index in [1.54, 1.807) is 4.90 Å². The summed E-state index contributed by atoms with van der Waals surface area (Å²) in [6, 6.07) is 0.0699. The first-order valence-electron chi connectivity index (χ1n) is 7.31. The molecular formula is C18H27NO. The SMILES string of the molecule is C=CCC(CC=C)N(CC#CCCCCC)C(=O)C=C. The van der Waals surface area contributed by atoms with Crippen LogP contribution in [0.25, 0.3) is 0 Å². The van der Waals surface area contributed by atoms with E-state index < -0.39 is 0 Å². The van der Waals surface area contributed by atoms with E-state index >= 15 is 0 Å². The van der Waals surface area contributed by atoms with Gasteiger partial charge in [-0.1, -0.05) is 44.4 Å². The summed E-state index contributed by atoms with van der Waals surface area (Å²) in [5.74, 6) is 6.15. The lowest BCUT2D eigenvalue weighted by Crippen LogP contribution is -2.39. The quantitative estimate of drug-likeness (QED) is 0.254. The van der Waals surface area contributed by atoms with Gasteiger partial charge in [0.25, 0.3) is 0 Å². The summed E-state index contributed by atoms with van der Waals surface area (Å²) in [5, 5.41) is 0. The molecule has 20 heavy (non-hydrogen) atoms. The largest absolute Gasteiger partial charge is 0.324 e. The van der Waals surface area contributed by atoms with Gasteiger partial charge in [0, 0.05) is 12.5 Å². The Kier molecular flexibility index (Phi) is 11.2. The van der Waals surface area contributed by atoms with Gasteiger partial charge in [0.2, 0.25) is 5.91 Å². The van der Waals surface area contributed by atoms with Crippen molar-refractivity contribution in [2.75, 3.05) is 6.54 Å². The zero-order valence-electron chi connectivity index (χ0n) is 12.7. The molecule has 0 saturated heterocycles. The second-order valence-corrected chi connectivity index (χ2v) is 4.68. The van der Waals surface area contributed by atoms with E-state index in [0.29, 0.717) is 6.54 Å². The van der Waals surface area contributed by atoms with Crippen LogP contribution < -0.4 is 0 Å². The zero-order chi connectivity index (χ0) is 15.2. The van der Waals surface area contributed by atoms with E-state index in [1.807, 2.05) is 12.2 Å². The summed E-state index contributed by atoms with van der Waals surface area (Å²) in [6.45, 7) is 13.7. The van der Waals surface area contributed by atoms with E-state index in [0.717, 1.165) is 25.7 Å². The van der Waals surface area contributed by atoms with Crippen LogP contribution in [0.2, 0.25) is 0 Å². The molecule has 1 amide bonds. The molecule has 0 saturated carbocycles. The lowest BCUT2D eigenvalue weighted by atomic mass is 10.1. The van der Waals surface area contributed by atoms with Crippen molar-refractivity contribution in [3.8, 4) is 11.8 Å². The molecule has 2 heteroatoms. The number of nitrogens with zero attached hydrogens (tertiary/aromatic N) is 1. The lowest BCUT2D eigenvalue weighted by Gasteiger charge is -2.27. The Labute approximate surface area is 124 Å². The molecule has 0 aliphatic rings. The number of amides is 1. The molecule has 0 aromatic rings. The van der Waals surface area contributed by atoms with Gasteiger partial charge in [0.15, 0.2) is 0 Å². The molecule has 0 aromatic carbocycles. The van der Waals surface area contributed by atoms with Gasteiger partial charge in [-0.2, -0.15) is 0 Å². The van der Waals surface area contributed by atoms with Gasteiger partial charge >= 0.3 is 0 Å². The number of carbonyl (C=O) groups excluding carboxylic acids is 1. The average Bonchev–Trinajstić information content (AvgIpc) is 2.46. The van der Waals surface area contributed by atoms with Crippen molar-refractivity contribution in [3.05, 3.63) is 38.0 Å². The number of rotatable bonds is 10. The number of carbonyl (C=O) groups is 1. The minimum absolute atomic E-state index is 0.0699. The zero-order valence-corrected chi connectivity index (χ0v) is 12.7. The van der Waals surface area contributed by atoms with Crippen LogP contribution in [0.4, 0.5) is 0 Å². The van der Waals surface area contributed by atoms with Crippen LogP contribution in [0.5, 0.6) is 0 Å². The van der Waals surface area contributed by atoms with Gasteiger partial charge in [0.05, 0.1) is 6.54 Å². The monoisotopic (exact) mass is 273 g/mol. The maximum atomic E-state index is 11.9. The van der Waals surface area contributed by atoms with Gasteiger partial charge in [-0.05, 0) is 25.3 Å². The molecular weight excluding hydrogens is 246 g/mol. The summed E-state index contributed by atoms with van der Waals surface area (Å²) < 4.78 is 0. The molecule has 0 bridgehead atoms. The molecule has 0 N–H and O–H groups in total. The third kappa shape index (κ3) is 7.63. The van der Waals surface area contributed by atoms with Gasteiger partial charge in [-0.25, -0.2) is 0 Å². The van der Waals surface area contributed by atoms with Crippen molar-refractivity contribution in [3.63, 3.8) is 0 Å². The van der Waals surface area contributed by atoms with E-state index in [-0.39, 0.29) is 11.9 Å². The Morgan fingerprint density at radius 1 is 1.15 bits per heavy atom. The predicted octanol–water partition coefficient (Wildman–Crippen LogP) is 4.11. The Balaban J connectivity index is 4.61. The van der Waals surface area contributed by atoms with Gasteiger partial charge < -0.3 is 4.90 Å². The summed E-state index contributed by atoms with van der Waals surface area (Å²) in [6.07, 6.45) is 10.9. The maximum absolute atomic E-state index is 11.9. The Hall–Kier alpha value is -1.75. The molecule has 0 fully saturated rings. The standard InChI is InChI=1S/C18H27NO/c1-5-9-10-11-12-13-16-19(18(20)8-4)17(14-6-2)15-7-3/h6-8,17H,2-5,9-11,14-16H2,1H3. The molecule has 0 atom stereocenters. The minimum Gasteiger partial charge on any atom is -0.324 e. The minimum atomic E-state index is -0.0819. The van der Waals surface area contributed by atoms with Crippen molar-refractivity contribution >= 4 is 5.91 Å². The molecule has 0 aliphatic carbocycles. The fraction of sp³-hybridized carbons (Fsp3) is 0.500. The van der Waals surface area contributed by atoms with Crippen molar-refractivity contribution in [1.82, 2.24) is 4.90 Å². The first-order valence-corrected chi connectivity index (χ1v) is 7.31. The van der Waals surface area contributed by atoms with E-state index in [2.05, 4.69) is 38.5 Å². The third-order valence-corrected chi connectivity index (χ3v) is 3.06. The van der Waals surface area contributed by atoms with Gasteiger partial charge in [0.1, 0.15) is 0 Å². The molecule has 110 valence electrons. The van der Waals surface area contributed by atoms with Crippen molar-refractivity contribution in [2.45, 2.75) is 51.5 Å². The van der Waals surface area contributed by atoms with Gasteiger partial charge in [-0.15, -0.1) is 19.1 Å². The Bertz CT molecular complexity index is 363. The topological polar surface area (TPSA) is 20.3 Å². The maximum Gasteiger partial charge on any atom is 0.247 e. The first-order chi connectivity index (χ1) is 9.71. The fourth-order valence-corrected chi connectivity index (χ4v) is 1.93.